The lowest BCUT2D eigenvalue weighted by atomic mass is 10.1. The van der Waals surface area contributed by atoms with Gasteiger partial charge in [-0.25, -0.2) is 4.79 Å². The third-order valence-corrected chi connectivity index (χ3v) is 5.79. The van der Waals surface area contributed by atoms with E-state index in [0.717, 1.165) is 5.56 Å². The van der Waals surface area contributed by atoms with Gasteiger partial charge in [0.15, 0.2) is 11.5 Å². The van der Waals surface area contributed by atoms with Crippen LogP contribution in [0.5, 0.6) is 11.5 Å². The lowest BCUT2D eigenvalue weighted by Gasteiger charge is -2.15. The van der Waals surface area contributed by atoms with Gasteiger partial charge in [0.1, 0.15) is 18.2 Å². The highest BCUT2D eigenvalue weighted by Crippen LogP contribution is 2.36. The van der Waals surface area contributed by atoms with Gasteiger partial charge in [0, 0.05) is 20.7 Å². The van der Waals surface area contributed by atoms with Crippen molar-refractivity contribution in [3.63, 3.8) is 0 Å². The number of hydrogen-bond acceptors (Lipinski definition) is 5. The molecule has 0 aliphatic rings. The summed E-state index contributed by atoms with van der Waals surface area (Å²) >= 11 is 9.67. The highest BCUT2D eigenvalue weighted by Gasteiger charge is 2.15. The zero-order valence-electron chi connectivity index (χ0n) is 18.5. The summed E-state index contributed by atoms with van der Waals surface area (Å²) in [5.74, 6) is -0.912. The summed E-state index contributed by atoms with van der Waals surface area (Å²) in [5.41, 5.74) is 1.42. The molecule has 1 amide bonds. The Morgan fingerprint density at radius 3 is 2.54 bits per heavy atom. The molecule has 0 aliphatic heterocycles. The molecule has 0 saturated heterocycles. The molecule has 0 aromatic heterocycles. The second kappa shape index (κ2) is 12.1. The molecule has 3 rings (SSSR count). The van der Waals surface area contributed by atoms with Gasteiger partial charge in [-0.05, 0) is 55.0 Å². The standard InChI is InChI=1S/C26H20BrClN2O5/c1-2-34-23-12-18(21(27)13-24(23)35-15-17-6-3-4-9-22(17)28)10-19(14-29)25(31)30-20-8-5-7-16(11-20)26(32)33/h3-13H,2,15H2,1H3,(H,30,31)(H,32,33)/b19-10-. The topological polar surface area (TPSA) is 109 Å². The highest BCUT2D eigenvalue weighted by molar-refractivity contribution is 9.10. The fourth-order valence-corrected chi connectivity index (χ4v) is 3.67. The minimum Gasteiger partial charge on any atom is -0.490 e. The van der Waals surface area contributed by atoms with Gasteiger partial charge < -0.3 is 19.9 Å². The Balaban J connectivity index is 1.86. The smallest absolute Gasteiger partial charge is 0.335 e. The van der Waals surface area contributed by atoms with Crippen LogP contribution in [0.15, 0.2) is 70.7 Å². The van der Waals surface area contributed by atoms with Gasteiger partial charge in [-0.3, -0.25) is 4.79 Å². The number of amides is 1. The number of aromatic carboxylic acids is 1. The quantitative estimate of drug-likeness (QED) is 0.236. The molecule has 0 unspecified atom stereocenters. The van der Waals surface area contributed by atoms with Gasteiger partial charge in [0.05, 0.1) is 12.2 Å². The number of ether oxygens (including phenoxy) is 2. The van der Waals surface area contributed by atoms with Crippen molar-refractivity contribution in [3.8, 4) is 17.6 Å². The number of benzene rings is 3. The van der Waals surface area contributed by atoms with Gasteiger partial charge in [-0.15, -0.1) is 0 Å². The third kappa shape index (κ3) is 6.85. The number of anilines is 1. The second-order valence-electron chi connectivity index (χ2n) is 7.14. The average Bonchev–Trinajstić information content (AvgIpc) is 2.84. The number of carboxylic acids is 1. The summed E-state index contributed by atoms with van der Waals surface area (Å²) in [6.07, 6.45) is 1.40. The van der Waals surface area contributed by atoms with Crippen molar-refractivity contribution in [3.05, 3.63) is 92.4 Å². The summed E-state index contributed by atoms with van der Waals surface area (Å²) < 4.78 is 12.2. The molecule has 0 heterocycles. The maximum Gasteiger partial charge on any atom is 0.335 e. The van der Waals surface area contributed by atoms with Crippen LogP contribution in [0.4, 0.5) is 5.69 Å². The van der Waals surface area contributed by atoms with E-state index in [-0.39, 0.29) is 23.4 Å². The molecule has 3 aromatic carbocycles. The Hall–Kier alpha value is -3.80. The molecule has 0 fully saturated rings. The van der Waals surface area contributed by atoms with Gasteiger partial charge >= 0.3 is 5.97 Å². The van der Waals surface area contributed by atoms with E-state index in [9.17, 15) is 14.9 Å². The minimum atomic E-state index is -1.12. The van der Waals surface area contributed by atoms with Crippen LogP contribution >= 0.6 is 27.5 Å². The summed E-state index contributed by atoms with van der Waals surface area (Å²) in [6.45, 7) is 2.43. The van der Waals surface area contributed by atoms with Crippen molar-refractivity contribution in [2.45, 2.75) is 13.5 Å². The molecular formula is C26H20BrClN2O5. The molecule has 178 valence electrons. The van der Waals surface area contributed by atoms with Gasteiger partial charge in [-0.2, -0.15) is 5.26 Å². The lowest BCUT2D eigenvalue weighted by Crippen LogP contribution is -2.14. The Morgan fingerprint density at radius 2 is 1.86 bits per heavy atom. The van der Waals surface area contributed by atoms with E-state index in [2.05, 4.69) is 21.2 Å². The molecule has 7 nitrogen and oxygen atoms in total. The predicted octanol–water partition coefficient (Wildman–Crippen LogP) is 6.32. The zero-order valence-corrected chi connectivity index (χ0v) is 20.9. The fourth-order valence-electron chi connectivity index (χ4n) is 3.05. The number of nitriles is 1. The molecule has 2 N–H and O–H groups in total. The summed E-state index contributed by atoms with van der Waals surface area (Å²) in [4.78, 5) is 23.8. The van der Waals surface area contributed by atoms with Crippen molar-refractivity contribution in [2.75, 3.05) is 11.9 Å². The van der Waals surface area contributed by atoms with Crippen LogP contribution in [-0.2, 0) is 11.4 Å². The first-order valence-corrected chi connectivity index (χ1v) is 11.6. The number of carboxylic acid groups (broad SMARTS) is 1. The van der Waals surface area contributed by atoms with Crippen molar-refractivity contribution in [1.29, 1.82) is 5.26 Å². The summed E-state index contributed by atoms with van der Waals surface area (Å²) in [7, 11) is 0. The predicted molar refractivity (Wildman–Crippen MR) is 137 cm³/mol. The van der Waals surface area contributed by atoms with Gasteiger partial charge in [-0.1, -0.05) is 51.8 Å². The first-order chi connectivity index (χ1) is 16.8. The molecule has 3 aromatic rings. The number of nitrogens with zero attached hydrogens (tertiary/aromatic N) is 1. The third-order valence-electron chi connectivity index (χ3n) is 4.74. The molecule has 0 aliphatic carbocycles. The Labute approximate surface area is 215 Å². The van der Waals surface area contributed by atoms with Gasteiger partial charge in [0.2, 0.25) is 0 Å². The van der Waals surface area contributed by atoms with Crippen LogP contribution < -0.4 is 14.8 Å². The van der Waals surface area contributed by atoms with Crippen molar-refractivity contribution in [1.82, 2.24) is 0 Å². The number of carbonyl (C=O) groups excluding carboxylic acids is 1. The largest absolute Gasteiger partial charge is 0.490 e. The molecule has 0 saturated carbocycles. The zero-order chi connectivity index (χ0) is 25.4. The number of halogens is 2. The monoisotopic (exact) mass is 554 g/mol. The first-order valence-electron chi connectivity index (χ1n) is 10.4. The molecule has 0 atom stereocenters. The van der Waals surface area contributed by atoms with E-state index >= 15 is 0 Å². The van der Waals surface area contributed by atoms with E-state index in [4.69, 9.17) is 26.2 Å². The molecule has 35 heavy (non-hydrogen) atoms. The minimum absolute atomic E-state index is 0.0155. The number of rotatable bonds is 9. The van der Waals surface area contributed by atoms with Gasteiger partial charge in [0.25, 0.3) is 5.91 Å². The number of hydrogen-bond donors (Lipinski definition) is 2. The Morgan fingerprint density at radius 1 is 1.11 bits per heavy atom. The average molecular weight is 556 g/mol. The summed E-state index contributed by atoms with van der Waals surface area (Å²) in [6, 6.07) is 18.3. The normalized spacial score (nSPS) is 10.9. The maximum atomic E-state index is 12.7. The molecular weight excluding hydrogens is 536 g/mol. The molecule has 9 heteroatoms. The molecule has 0 radical (unpaired) electrons. The fraction of sp³-hybridized carbons (Fsp3) is 0.115. The van der Waals surface area contributed by atoms with Crippen molar-refractivity contribution < 1.29 is 24.2 Å². The van der Waals surface area contributed by atoms with E-state index < -0.39 is 11.9 Å². The van der Waals surface area contributed by atoms with Crippen LogP contribution in [0.1, 0.15) is 28.4 Å². The van der Waals surface area contributed by atoms with E-state index in [1.54, 1.807) is 18.2 Å². The van der Waals surface area contributed by atoms with Crippen LogP contribution in [0.2, 0.25) is 5.02 Å². The SMILES string of the molecule is CCOc1cc(/C=C(/C#N)C(=O)Nc2cccc(C(=O)O)c2)c(Br)cc1OCc1ccccc1Cl. The van der Waals surface area contributed by atoms with Crippen LogP contribution in [0.3, 0.4) is 0 Å². The summed E-state index contributed by atoms with van der Waals surface area (Å²) in [5, 5.41) is 21.8. The van der Waals surface area contributed by atoms with E-state index in [0.29, 0.717) is 33.2 Å². The second-order valence-corrected chi connectivity index (χ2v) is 8.40. The number of nitrogens with one attached hydrogen (secondary N) is 1. The number of carbonyl (C=O) groups is 2. The molecule has 0 bridgehead atoms. The van der Waals surface area contributed by atoms with Crippen molar-refractivity contribution in [2.24, 2.45) is 0 Å². The molecule has 0 spiro atoms. The maximum absolute atomic E-state index is 12.7. The van der Waals surface area contributed by atoms with E-state index in [1.807, 2.05) is 31.2 Å². The van der Waals surface area contributed by atoms with Crippen LogP contribution in [0.25, 0.3) is 6.08 Å². The first kappa shape index (κ1) is 25.8. The van der Waals surface area contributed by atoms with E-state index in [1.165, 1.54) is 30.3 Å². The van der Waals surface area contributed by atoms with Crippen LogP contribution in [-0.4, -0.2) is 23.6 Å². The van der Waals surface area contributed by atoms with Crippen LogP contribution in [0, 0.1) is 11.3 Å². The highest BCUT2D eigenvalue weighted by atomic mass is 79.9. The Bertz CT molecular complexity index is 1330. The van der Waals surface area contributed by atoms with Crippen molar-refractivity contribution >= 4 is 51.2 Å². The lowest BCUT2D eigenvalue weighted by molar-refractivity contribution is -0.112. The Kier molecular flexibility index (Phi) is 8.90.